The van der Waals surface area contributed by atoms with Crippen molar-refractivity contribution in [3.05, 3.63) is 89.6 Å². The van der Waals surface area contributed by atoms with Gasteiger partial charge in [0, 0.05) is 57.4 Å². The summed E-state index contributed by atoms with van der Waals surface area (Å²) >= 11 is 6.50. The average Bonchev–Trinajstić information content (AvgIpc) is 3.10. The lowest BCUT2D eigenvalue weighted by Gasteiger charge is -2.46. The number of methoxy groups -OCH3 is 1. The number of hydrogen-bond donors (Lipinski definition) is 1. The fourth-order valence-corrected chi connectivity index (χ4v) is 6.55. The largest absolute Gasteiger partial charge is 0.497 e. The fourth-order valence-electron chi connectivity index (χ4n) is 6.39. The van der Waals surface area contributed by atoms with Gasteiger partial charge in [0.2, 0.25) is 11.2 Å². The molecule has 5 aromatic rings. The van der Waals surface area contributed by atoms with Crippen molar-refractivity contribution in [3.63, 3.8) is 0 Å². The van der Waals surface area contributed by atoms with Crippen LogP contribution in [0.1, 0.15) is 18.4 Å². The van der Waals surface area contributed by atoms with Crippen molar-refractivity contribution in [1.29, 1.82) is 5.26 Å². The van der Waals surface area contributed by atoms with Crippen LogP contribution in [0.5, 0.6) is 5.75 Å². The monoisotopic (exact) mass is 667 g/mol. The second-order valence-electron chi connectivity index (χ2n) is 11.9. The van der Waals surface area contributed by atoms with Crippen molar-refractivity contribution < 1.29 is 19.0 Å². The van der Waals surface area contributed by atoms with Crippen molar-refractivity contribution in [3.8, 4) is 23.1 Å². The van der Waals surface area contributed by atoms with Gasteiger partial charge in [-0.3, -0.25) is 14.7 Å². The maximum atomic E-state index is 16.5. The van der Waals surface area contributed by atoms with Gasteiger partial charge in [0.15, 0.2) is 5.82 Å². The van der Waals surface area contributed by atoms with E-state index in [4.69, 9.17) is 16.3 Å². The average molecular weight is 668 g/mol. The highest BCUT2D eigenvalue weighted by molar-refractivity contribution is 6.29. The minimum atomic E-state index is -0.628. The van der Waals surface area contributed by atoms with E-state index in [1.807, 2.05) is 71.6 Å². The molecule has 1 aliphatic heterocycles. The van der Waals surface area contributed by atoms with Crippen molar-refractivity contribution in [2.45, 2.75) is 31.5 Å². The predicted molar refractivity (Wildman–Crippen MR) is 183 cm³/mol. The van der Waals surface area contributed by atoms with Crippen LogP contribution in [-0.2, 0) is 11.3 Å². The number of amides is 1. The lowest BCUT2D eigenvalue weighted by atomic mass is 9.99. The van der Waals surface area contributed by atoms with E-state index in [0.29, 0.717) is 36.4 Å². The number of carbonyl (C=O) groups is 1. The van der Waals surface area contributed by atoms with Gasteiger partial charge in [-0.15, -0.1) is 0 Å². The Morgan fingerprint density at radius 2 is 1.85 bits per heavy atom. The zero-order chi connectivity index (χ0) is 33.8. The number of anilines is 1. The number of pyridine rings is 1. The number of piperazine rings is 1. The van der Waals surface area contributed by atoms with Gasteiger partial charge in [-0.05, 0) is 40.1 Å². The molecular formula is C36H35ClFN7O3. The Morgan fingerprint density at radius 1 is 1.08 bits per heavy atom. The molecular weight excluding hydrogens is 633 g/mol. The molecule has 0 saturated carbocycles. The molecule has 10 nitrogen and oxygen atoms in total. The summed E-state index contributed by atoms with van der Waals surface area (Å²) < 4.78 is 21.8. The Kier molecular flexibility index (Phi) is 9.96. The van der Waals surface area contributed by atoms with E-state index in [2.05, 4.69) is 25.9 Å². The summed E-state index contributed by atoms with van der Waals surface area (Å²) in [6.07, 6.45) is 1.86. The molecule has 3 heterocycles. The predicted octanol–water partition coefficient (Wildman–Crippen LogP) is 5.46. The Morgan fingerprint density at radius 3 is 2.60 bits per heavy atom. The van der Waals surface area contributed by atoms with E-state index in [9.17, 15) is 15.2 Å². The molecule has 0 aliphatic carbocycles. The molecule has 3 aromatic carbocycles. The molecule has 6 rings (SSSR count). The Bertz CT molecular complexity index is 1980. The Labute approximate surface area is 283 Å². The van der Waals surface area contributed by atoms with Crippen LogP contribution in [0.3, 0.4) is 0 Å². The van der Waals surface area contributed by atoms with Crippen LogP contribution in [0.2, 0.25) is 5.28 Å². The number of nitrogens with zero attached hydrogens (tertiary/aromatic N) is 7. The standard InChI is InChI=1S/C36H35ClFN7O3/c1-43(16-17-46)31(47)18-26-21-44(20-23-10-12-27(48-2)13-11-23)25(14-15-39)22-45(26)35-30-19-40-33(32(38)34(30)41-36(37)42-35)29-9-5-7-24-6-3-4-8-28(24)29/h3-13,19,25-26,46H,14,16-18,20-22H2,1-2H3. The highest BCUT2D eigenvalue weighted by atomic mass is 35.5. The van der Waals surface area contributed by atoms with Crippen LogP contribution in [0.15, 0.2) is 72.9 Å². The first-order valence-electron chi connectivity index (χ1n) is 15.7. The first kappa shape index (κ1) is 33.0. The zero-order valence-electron chi connectivity index (χ0n) is 26.7. The molecule has 2 atom stereocenters. The van der Waals surface area contributed by atoms with Gasteiger partial charge in [0.05, 0.1) is 37.6 Å². The van der Waals surface area contributed by atoms with Crippen LogP contribution in [-0.4, -0.2) is 88.2 Å². The van der Waals surface area contributed by atoms with Gasteiger partial charge in [-0.2, -0.15) is 10.2 Å². The van der Waals surface area contributed by atoms with Crippen molar-refractivity contribution in [2.24, 2.45) is 0 Å². The van der Waals surface area contributed by atoms with E-state index in [-0.39, 0.29) is 54.4 Å². The summed E-state index contributed by atoms with van der Waals surface area (Å²) in [5.74, 6) is 0.283. The minimum absolute atomic E-state index is 0.0166. The molecule has 0 radical (unpaired) electrons. The van der Waals surface area contributed by atoms with Crippen LogP contribution in [0, 0.1) is 17.1 Å². The number of aromatic nitrogens is 3. The van der Waals surface area contributed by atoms with Gasteiger partial charge in [0.25, 0.3) is 0 Å². The number of nitriles is 1. The second kappa shape index (κ2) is 14.5. The molecule has 1 amide bonds. The lowest BCUT2D eigenvalue weighted by molar-refractivity contribution is -0.131. The van der Waals surface area contributed by atoms with Gasteiger partial charge < -0.3 is 19.6 Å². The number of carbonyl (C=O) groups excluding carboxylic acids is 1. The minimum Gasteiger partial charge on any atom is -0.497 e. The number of rotatable bonds is 10. The number of hydrogen-bond acceptors (Lipinski definition) is 9. The second-order valence-corrected chi connectivity index (χ2v) is 12.2. The van der Waals surface area contributed by atoms with Crippen molar-refractivity contribution in [1.82, 2.24) is 24.8 Å². The highest BCUT2D eigenvalue weighted by Crippen LogP contribution is 2.36. The number of aliphatic hydroxyl groups excluding tert-OH is 1. The molecule has 0 bridgehead atoms. The lowest BCUT2D eigenvalue weighted by Crippen LogP contribution is -2.59. The normalized spacial score (nSPS) is 16.6. The zero-order valence-corrected chi connectivity index (χ0v) is 27.4. The molecule has 1 aliphatic rings. The number of benzene rings is 3. The van der Waals surface area contributed by atoms with Crippen LogP contribution in [0.25, 0.3) is 32.9 Å². The number of likely N-dealkylation sites (N-methyl/N-ethyl adjacent to an activating group) is 1. The van der Waals surface area contributed by atoms with E-state index < -0.39 is 11.9 Å². The van der Waals surface area contributed by atoms with Crippen LogP contribution in [0.4, 0.5) is 10.2 Å². The molecule has 1 fully saturated rings. The third-order valence-electron chi connectivity index (χ3n) is 8.91. The number of aliphatic hydroxyl groups is 1. The van der Waals surface area contributed by atoms with Crippen molar-refractivity contribution in [2.75, 3.05) is 45.3 Å². The summed E-state index contributed by atoms with van der Waals surface area (Å²) in [6.45, 7) is 1.29. The van der Waals surface area contributed by atoms with E-state index >= 15 is 4.39 Å². The Hall–Kier alpha value is -4.89. The molecule has 48 heavy (non-hydrogen) atoms. The molecule has 0 spiro atoms. The van der Waals surface area contributed by atoms with Crippen molar-refractivity contribution >= 4 is 45.0 Å². The van der Waals surface area contributed by atoms with Gasteiger partial charge in [-0.25, -0.2) is 9.37 Å². The first-order valence-corrected chi connectivity index (χ1v) is 16.0. The molecule has 2 aromatic heterocycles. The number of ether oxygens (including phenoxy) is 1. The third-order valence-corrected chi connectivity index (χ3v) is 9.08. The quantitative estimate of drug-likeness (QED) is 0.194. The van der Waals surface area contributed by atoms with Gasteiger partial charge in [-0.1, -0.05) is 54.6 Å². The molecule has 1 saturated heterocycles. The summed E-state index contributed by atoms with van der Waals surface area (Å²) in [7, 11) is 3.26. The molecule has 246 valence electrons. The number of fused-ring (bicyclic) bond motifs is 2. The third kappa shape index (κ3) is 6.73. The maximum Gasteiger partial charge on any atom is 0.225 e. The topological polar surface area (TPSA) is 119 Å². The summed E-state index contributed by atoms with van der Waals surface area (Å²) in [6, 6.07) is 22.7. The molecule has 1 N–H and O–H groups in total. The number of halogens is 2. The van der Waals surface area contributed by atoms with E-state index in [1.54, 1.807) is 20.4 Å². The first-order chi connectivity index (χ1) is 23.3. The SMILES string of the molecule is COc1ccc(CN2CC(CC(=O)N(C)CCO)N(c3nc(Cl)nc4c(F)c(-c5cccc6ccccc56)ncc34)CC2CC#N)cc1. The summed E-state index contributed by atoms with van der Waals surface area (Å²) in [4.78, 5) is 32.5. The maximum absolute atomic E-state index is 16.5. The van der Waals surface area contributed by atoms with E-state index in [1.165, 1.54) is 4.90 Å². The van der Waals surface area contributed by atoms with E-state index in [0.717, 1.165) is 22.1 Å². The molecule has 12 heteroatoms. The smallest absolute Gasteiger partial charge is 0.225 e. The Balaban J connectivity index is 1.42. The van der Waals surface area contributed by atoms with Gasteiger partial charge >= 0.3 is 0 Å². The summed E-state index contributed by atoms with van der Waals surface area (Å²) in [5, 5.41) is 21.3. The van der Waals surface area contributed by atoms with Crippen LogP contribution >= 0.6 is 11.6 Å². The summed E-state index contributed by atoms with van der Waals surface area (Å²) in [5.41, 5.74) is 1.81. The fraction of sp³-hybridized carbons (Fsp3) is 0.306. The van der Waals surface area contributed by atoms with Crippen LogP contribution < -0.4 is 9.64 Å². The highest BCUT2D eigenvalue weighted by Gasteiger charge is 2.37. The van der Waals surface area contributed by atoms with Gasteiger partial charge in [0.1, 0.15) is 22.8 Å². The molecule has 2 unspecified atom stereocenters.